The smallest absolute Gasteiger partial charge is 0.226 e. The van der Waals surface area contributed by atoms with Crippen LogP contribution in [0.15, 0.2) is 42.5 Å². The predicted molar refractivity (Wildman–Crippen MR) is 87.1 cm³/mol. The third-order valence-corrected chi connectivity index (χ3v) is 3.50. The number of carbonyl (C=O) groups is 1. The van der Waals surface area contributed by atoms with Crippen LogP contribution in [0.4, 0.5) is 5.69 Å². The van der Waals surface area contributed by atoms with Gasteiger partial charge in [0.25, 0.3) is 0 Å². The van der Waals surface area contributed by atoms with Crippen LogP contribution in [0.2, 0.25) is 0 Å². The van der Waals surface area contributed by atoms with Gasteiger partial charge in [0.1, 0.15) is 11.0 Å². The van der Waals surface area contributed by atoms with Gasteiger partial charge in [0.15, 0.2) is 0 Å². The van der Waals surface area contributed by atoms with Crippen molar-refractivity contribution in [1.82, 2.24) is 15.0 Å². The fraction of sp³-hybridized carbons (Fsp3) is 0.235. The van der Waals surface area contributed by atoms with Crippen molar-refractivity contribution in [3.05, 3.63) is 48.0 Å². The summed E-state index contributed by atoms with van der Waals surface area (Å²) in [6.45, 7) is 5.70. The van der Waals surface area contributed by atoms with E-state index in [0.29, 0.717) is 0 Å². The Hall–Kier alpha value is -2.69. The molecule has 2 aromatic carbocycles. The zero-order chi connectivity index (χ0) is 15.7. The molecule has 0 bridgehead atoms. The molecule has 22 heavy (non-hydrogen) atoms. The summed E-state index contributed by atoms with van der Waals surface area (Å²) in [7, 11) is 0. The van der Waals surface area contributed by atoms with E-state index < -0.39 is 0 Å². The minimum Gasteiger partial charge on any atom is -0.326 e. The van der Waals surface area contributed by atoms with Crippen LogP contribution in [-0.2, 0) is 4.79 Å². The van der Waals surface area contributed by atoms with E-state index in [1.807, 2.05) is 63.2 Å². The molecule has 0 spiro atoms. The molecule has 0 aliphatic heterocycles. The first kappa shape index (κ1) is 14.3. The quantitative estimate of drug-likeness (QED) is 0.806. The molecule has 0 aliphatic carbocycles. The number of rotatable bonds is 3. The predicted octanol–water partition coefficient (Wildman–Crippen LogP) is 3.32. The number of para-hydroxylation sites is 1. The Bertz CT molecular complexity index is 821. The molecular formula is C17H18N4O. The second kappa shape index (κ2) is 5.60. The molecule has 1 N–H and O–H groups in total. The number of aromatic nitrogens is 3. The van der Waals surface area contributed by atoms with Gasteiger partial charge in [-0.15, -0.1) is 10.2 Å². The lowest BCUT2D eigenvalue weighted by Crippen LogP contribution is -2.18. The van der Waals surface area contributed by atoms with Crippen molar-refractivity contribution in [3.63, 3.8) is 0 Å². The molecule has 3 rings (SSSR count). The maximum atomic E-state index is 11.9. The van der Waals surface area contributed by atoms with Gasteiger partial charge < -0.3 is 5.32 Å². The normalized spacial score (nSPS) is 11.1. The second-order valence-electron chi connectivity index (χ2n) is 5.62. The van der Waals surface area contributed by atoms with Crippen LogP contribution >= 0.6 is 0 Å². The van der Waals surface area contributed by atoms with Crippen molar-refractivity contribution >= 4 is 22.6 Å². The number of hydrogen-bond acceptors (Lipinski definition) is 3. The fourth-order valence-corrected chi connectivity index (χ4v) is 2.16. The van der Waals surface area contributed by atoms with Crippen molar-refractivity contribution in [2.75, 3.05) is 5.32 Å². The molecule has 0 atom stereocenters. The number of hydrogen-bond donors (Lipinski definition) is 1. The average molecular weight is 294 g/mol. The number of amides is 1. The van der Waals surface area contributed by atoms with E-state index in [-0.39, 0.29) is 11.8 Å². The third-order valence-electron chi connectivity index (χ3n) is 3.50. The molecule has 1 heterocycles. The highest BCUT2D eigenvalue weighted by Gasteiger charge is 2.12. The first-order valence-corrected chi connectivity index (χ1v) is 7.28. The average Bonchev–Trinajstić information content (AvgIpc) is 2.91. The van der Waals surface area contributed by atoms with Crippen LogP contribution in [0.5, 0.6) is 0 Å². The molecule has 3 aromatic rings. The molecule has 5 heteroatoms. The number of benzene rings is 2. The van der Waals surface area contributed by atoms with Crippen molar-refractivity contribution in [1.29, 1.82) is 0 Å². The monoisotopic (exact) mass is 294 g/mol. The van der Waals surface area contributed by atoms with Crippen LogP contribution < -0.4 is 5.32 Å². The van der Waals surface area contributed by atoms with Crippen LogP contribution in [0, 0.1) is 12.8 Å². The Morgan fingerprint density at radius 1 is 1.09 bits per heavy atom. The number of carbonyl (C=O) groups excluding carboxylic acids is 1. The maximum Gasteiger partial charge on any atom is 0.226 e. The molecule has 0 aliphatic rings. The number of fused-ring (bicyclic) bond motifs is 1. The van der Waals surface area contributed by atoms with Crippen LogP contribution in [0.1, 0.15) is 19.4 Å². The highest BCUT2D eigenvalue weighted by atomic mass is 16.1. The Kier molecular flexibility index (Phi) is 3.63. The van der Waals surface area contributed by atoms with Gasteiger partial charge in [-0.3, -0.25) is 4.79 Å². The molecule has 0 saturated carbocycles. The Morgan fingerprint density at radius 2 is 1.73 bits per heavy atom. The summed E-state index contributed by atoms with van der Waals surface area (Å²) in [5, 5.41) is 11.9. The van der Waals surface area contributed by atoms with Crippen molar-refractivity contribution < 1.29 is 4.79 Å². The van der Waals surface area contributed by atoms with E-state index >= 15 is 0 Å². The highest BCUT2D eigenvalue weighted by Crippen LogP contribution is 2.22. The highest BCUT2D eigenvalue weighted by molar-refractivity contribution is 5.95. The van der Waals surface area contributed by atoms with Gasteiger partial charge in [-0.2, -0.15) is 4.80 Å². The van der Waals surface area contributed by atoms with E-state index in [4.69, 9.17) is 0 Å². The molecule has 5 nitrogen and oxygen atoms in total. The summed E-state index contributed by atoms with van der Waals surface area (Å²) in [4.78, 5) is 13.5. The zero-order valence-electron chi connectivity index (χ0n) is 12.9. The summed E-state index contributed by atoms with van der Waals surface area (Å²) < 4.78 is 0. The Morgan fingerprint density at radius 3 is 2.36 bits per heavy atom. The number of anilines is 1. The van der Waals surface area contributed by atoms with E-state index in [9.17, 15) is 4.79 Å². The van der Waals surface area contributed by atoms with Crippen molar-refractivity contribution in [2.45, 2.75) is 20.8 Å². The van der Waals surface area contributed by atoms with Gasteiger partial charge in [0.2, 0.25) is 5.91 Å². The summed E-state index contributed by atoms with van der Waals surface area (Å²) in [6.07, 6.45) is 0. The van der Waals surface area contributed by atoms with Gasteiger partial charge in [-0.05, 0) is 36.8 Å². The van der Waals surface area contributed by atoms with E-state index in [2.05, 4.69) is 15.5 Å². The number of nitrogens with zero attached hydrogens (tertiary/aromatic N) is 3. The van der Waals surface area contributed by atoms with Gasteiger partial charge in [0, 0.05) is 11.6 Å². The lowest BCUT2D eigenvalue weighted by molar-refractivity contribution is -0.118. The van der Waals surface area contributed by atoms with Crippen molar-refractivity contribution in [3.8, 4) is 5.69 Å². The molecule has 0 saturated heterocycles. The summed E-state index contributed by atoms with van der Waals surface area (Å²) in [6, 6.07) is 13.6. The number of aryl methyl sites for hydroxylation is 1. The molecule has 0 fully saturated rings. The minimum atomic E-state index is -0.0601. The molecule has 0 radical (unpaired) electrons. The Balaban J connectivity index is 2.01. The van der Waals surface area contributed by atoms with E-state index in [1.54, 1.807) is 4.80 Å². The third kappa shape index (κ3) is 2.70. The fourth-order valence-electron chi connectivity index (χ4n) is 2.16. The molecule has 1 amide bonds. The summed E-state index contributed by atoms with van der Waals surface area (Å²) >= 11 is 0. The lowest BCUT2D eigenvalue weighted by Gasteiger charge is -2.09. The minimum absolute atomic E-state index is 0.00194. The maximum absolute atomic E-state index is 11.9. The largest absolute Gasteiger partial charge is 0.326 e. The summed E-state index contributed by atoms with van der Waals surface area (Å²) in [5.74, 6) is -0.0620. The van der Waals surface area contributed by atoms with Gasteiger partial charge in [-0.25, -0.2) is 0 Å². The van der Waals surface area contributed by atoms with Gasteiger partial charge >= 0.3 is 0 Å². The lowest BCUT2D eigenvalue weighted by atomic mass is 10.1. The van der Waals surface area contributed by atoms with Crippen molar-refractivity contribution in [2.24, 2.45) is 5.92 Å². The second-order valence-corrected chi connectivity index (χ2v) is 5.62. The van der Waals surface area contributed by atoms with Crippen LogP contribution in [0.3, 0.4) is 0 Å². The first-order chi connectivity index (χ1) is 10.5. The zero-order valence-corrected chi connectivity index (χ0v) is 12.9. The van der Waals surface area contributed by atoms with Gasteiger partial charge in [0.05, 0.1) is 5.69 Å². The van der Waals surface area contributed by atoms with Crippen LogP contribution in [-0.4, -0.2) is 20.9 Å². The van der Waals surface area contributed by atoms with E-state index in [1.165, 1.54) is 0 Å². The number of nitrogens with one attached hydrogen (secondary N) is 1. The molecule has 1 aromatic heterocycles. The SMILES string of the molecule is Cc1cc2nn(-c3ccccc3)nc2cc1NC(=O)C(C)C. The van der Waals surface area contributed by atoms with Crippen LogP contribution in [0.25, 0.3) is 16.7 Å². The molecule has 112 valence electrons. The topological polar surface area (TPSA) is 59.8 Å². The molecule has 0 unspecified atom stereocenters. The Labute approximate surface area is 129 Å². The van der Waals surface area contributed by atoms with E-state index in [0.717, 1.165) is 28.0 Å². The first-order valence-electron chi connectivity index (χ1n) is 7.28. The molecular weight excluding hydrogens is 276 g/mol. The summed E-state index contributed by atoms with van der Waals surface area (Å²) in [5.41, 5.74) is 4.23. The van der Waals surface area contributed by atoms with Gasteiger partial charge in [-0.1, -0.05) is 32.0 Å². The standard InChI is InChI=1S/C17H18N4O/c1-11(2)17(22)18-14-10-16-15(9-12(14)3)19-21(20-16)13-7-5-4-6-8-13/h4-11H,1-3H3,(H,18,22).